The predicted molar refractivity (Wildman–Crippen MR) is 116 cm³/mol. The average Bonchev–Trinajstić information content (AvgIpc) is 3.04. The molecule has 0 amide bonds. The second-order valence-electron chi connectivity index (χ2n) is 7.76. The lowest BCUT2D eigenvalue weighted by molar-refractivity contribution is 0.265. The van der Waals surface area contributed by atoms with Crippen molar-refractivity contribution < 1.29 is 0 Å². The highest BCUT2D eigenvalue weighted by molar-refractivity contribution is 5.71. The molecule has 2 aromatic heterocycles. The Hall–Kier alpha value is -2.67. The van der Waals surface area contributed by atoms with E-state index in [1.807, 2.05) is 4.57 Å². The zero-order valence-corrected chi connectivity index (χ0v) is 18.1. The fourth-order valence-electron chi connectivity index (χ4n) is 3.64. The van der Waals surface area contributed by atoms with Crippen molar-refractivity contribution in [3.8, 4) is 0 Å². The molecule has 0 atom stereocenters. The first-order valence-corrected chi connectivity index (χ1v) is 10.3. The van der Waals surface area contributed by atoms with Gasteiger partial charge in [0.05, 0.1) is 6.54 Å². The predicted octanol–water partition coefficient (Wildman–Crippen LogP) is 2.71. The first kappa shape index (κ1) is 21.0. The molecule has 0 bridgehead atoms. The maximum atomic E-state index is 12.7. The molecule has 0 radical (unpaired) electrons. The smallest absolute Gasteiger partial charge is 0.317 e. The van der Waals surface area contributed by atoms with Crippen molar-refractivity contribution in [3.63, 3.8) is 0 Å². The Labute approximate surface area is 171 Å². The van der Waals surface area contributed by atoms with Crippen molar-refractivity contribution in [1.29, 1.82) is 0 Å². The summed E-state index contributed by atoms with van der Waals surface area (Å²) >= 11 is 0. The van der Waals surface area contributed by atoms with Crippen molar-refractivity contribution in [2.24, 2.45) is 7.05 Å². The molecule has 0 aliphatic heterocycles. The lowest BCUT2D eigenvalue weighted by Crippen LogP contribution is -2.29. The Bertz CT molecular complexity index is 1120. The number of aryl methyl sites for hydroxylation is 3. The molecule has 0 fully saturated rings. The average molecular weight is 398 g/mol. The number of benzene rings is 1. The Morgan fingerprint density at radius 1 is 1.17 bits per heavy atom. The van der Waals surface area contributed by atoms with Crippen LogP contribution in [0.25, 0.3) is 11.2 Å². The van der Waals surface area contributed by atoms with Crippen LogP contribution in [0.4, 0.5) is 0 Å². The van der Waals surface area contributed by atoms with E-state index in [4.69, 9.17) is 4.98 Å². The molecule has 0 spiro atoms. The van der Waals surface area contributed by atoms with Gasteiger partial charge in [0.2, 0.25) is 0 Å². The summed E-state index contributed by atoms with van der Waals surface area (Å²) in [6.07, 6.45) is 2.24. The molecule has 3 rings (SSSR count). The summed E-state index contributed by atoms with van der Waals surface area (Å²) in [6, 6.07) is 6.34. The van der Waals surface area contributed by atoms with Crippen molar-refractivity contribution in [3.05, 3.63) is 61.6 Å². The van der Waals surface area contributed by atoms with Crippen molar-refractivity contribution in [1.82, 2.24) is 24.0 Å². The van der Waals surface area contributed by atoms with Crippen LogP contribution in [-0.4, -0.2) is 37.1 Å². The van der Waals surface area contributed by atoms with Crippen molar-refractivity contribution in [2.45, 2.75) is 53.6 Å². The zero-order valence-electron chi connectivity index (χ0n) is 18.1. The van der Waals surface area contributed by atoms with Crippen LogP contribution in [0.2, 0.25) is 0 Å². The standard InChI is InChI=1S/C22H31N5O2/c1-6-8-11-26(7-2)14-18-23-20-19(21(28)24-22(29)25(20)5)27(18)13-17-12-15(3)9-10-16(17)4/h9-10,12H,6-8,11,13-14H2,1-5H3,(H,24,28,29). The summed E-state index contributed by atoms with van der Waals surface area (Å²) < 4.78 is 3.39. The largest absolute Gasteiger partial charge is 0.329 e. The number of nitrogens with one attached hydrogen (secondary N) is 1. The topological polar surface area (TPSA) is 75.9 Å². The minimum Gasteiger partial charge on any atom is -0.317 e. The van der Waals surface area contributed by atoms with Gasteiger partial charge < -0.3 is 4.57 Å². The summed E-state index contributed by atoms with van der Waals surface area (Å²) in [5.74, 6) is 0.811. The van der Waals surface area contributed by atoms with Crippen LogP contribution in [0.3, 0.4) is 0 Å². The summed E-state index contributed by atoms with van der Waals surface area (Å²) in [5, 5.41) is 0. The third-order valence-corrected chi connectivity index (χ3v) is 5.56. The quantitative estimate of drug-likeness (QED) is 0.634. The molecule has 156 valence electrons. The van der Waals surface area contributed by atoms with Crippen molar-refractivity contribution in [2.75, 3.05) is 13.1 Å². The first-order chi connectivity index (χ1) is 13.8. The molecule has 0 unspecified atom stereocenters. The molecular formula is C22H31N5O2. The molecule has 29 heavy (non-hydrogen) atoms. The monoisotopic (exact) mass is 397 g/mol. The summed E-state index contributed by atoms with van der Waals surface area (Å²) in [4.78, 5) is 34.3. The van der Waals surface area contributed by atoms with Gasteiger partial charge in [0.15, 0.2) is 11.2 Å². The van der Waals surface area contributed by atoms with E-state index in [0.717, 1.165) is 37.3 Å². The molecule has 1 N–H and O–H groups in total. The highest BCUT2D eigenvalue weighted by Crippen LogP contribution is 2.18. The van der Waals surface area contributed by atoms with E-state index in [-0.39, 0.29) is 5.56 Å². The molecule has 0 saturated carbocycles. The molecule has 7 nitrogen and oxygen atoms in total. The molecule has 0 saturated heterocycles. The van der Waals surface area contributed by atoms with E-state index in [0.29, 0.717) is 24.3 Å². The van der Waals surface area contributed by atoms with E-state index >= 15 is 0 Å². The molecular weight excluding hydrogens is 366 g/mol. The number of fused-ring (bicyclic) bond motifs is 1. The van der Waals surface area contributed by atoms with E-state index in [1.165, 1.54) is 15.7 Å². The van der Waals surface area contributed by atoms with E-state index in [9.17, 15) is 9.59 Å². The van der Waals surface area contributed by atoms with Gasteiger partial charge in [0.25, 0.3) is 5.56 Å². The SMILES string of the molecule is CCCCN(CC)Cc1nc2c(c(=O)[nH]c(=O)n2C)n1Cc1cc(C)ccc1C. The third kappa shape index (κ3) is 4.34. The Kier molecular flexibility index (Phi) is 6.37. The second-order valence-corrected chi connectivity index (χ2v) is 7.76. The molecule has 7 heteroatoms. The van der Waals surface area contributed by atoms with Crippen LogP contribution in [0.5, 0.6) is 0 Å². The number of aromatic amines is 1. The summed E-state index contributed by atoms with van der Waals surface area (Å²) in [5.41, 5.74) is 3.56. The first-order valence-electron chi connectivity index (χ1n) is 10.3. The number of unbranched alkanes of at least 4 members (excludes halogenated alkanes) is 1. The molecule has 1 aromatic carbocycles. The van der Waals surface area contributed by atoms with Gasteiger partial charge in [0, 0.05) is 13.6 Å². The highest BCUT2D eigenvalue weighted by Gasteiger charge is 2.19. The second kappa shape index (κ2) is 8.78. The van der Waals surface area contributed by atoms with Crippen LogP contribution in [0.1, 0.15) is 49.2 Å². The lowest BCUT2D eigenvalue weighted by atomic mass is 10.1. The number of hydrogen-bond donors (Lipinski definition) is 1. The number of hydrogen-bond acceptors (Lipinski definition) is 4. The van der Waals surface area contributed by atoms with Gasteiger partial charge in [-0.05, 0) is 44.5 Å². The minimum absolute atomic E-state index is 0.385. The third-order valence-electron chi connectivity index (χ3n) is 5.56. The molecule has 3 aromatic rings. The van der Waals surface area contributed by atoms with Gasteiger partial charge in [-0.1, -0.05) is 44.0 Å². The maximum Gasteiger partial charge on any atom is 0.329 e. The fourth-order valence-corrected chi connectivity index (χ4v) is 3.64. The van der Waals surface area contributed by atoms with Crippen molar-refractivity contribution >= 4 is 11.2 Å². The number of H-pyrrole nitrogens is 1. The van der Waals surface area contributed by atoms with Crippen LogP contribution in [0, 0.1) is 13.8 Å². The summed E-state index contributed by atoms with van der Waals surface area (Å²) in [6.45, 7) is 11.5. The molecule has 0 aliphatic rings. The van der Waals surface area contributed by atoms with Gasteiger partial charge in [-0.15, -0.1) is 0 Å². The minimum atomic E-state index is -0.441. The summed E-state index contributed by atoms with van der Waals surface area (Å²) in [7, 11) is 1.65. The van der Waals surface area contributed by atoms with Crippen LogP contribution >= 0.6 is 0 Å². The van der Waals surface area contributed by atoms with Gasteiger partial charge in [-0.3, -0.25) is 19.2 Å². The van der Waals surface area contributed by atoms with E-state index in [2.05, 4.69) is 55.8 Å². The van der Waals surface area contributed by atoms with Crippen LogP contribution < -0.4 is 11.2 Å². The van der Waals surface area contributed by atoms with E-state index in [1.54, 1.807) is 7.05 Å². The normalized spacial score (nSPS) is 11.7. The Morgan fingerprint density at radius 3 is 2.62 bits per heavy atom. The Morgan fingerprint density at radius 2 is 1.93 bits per heavy atom. The number of nitrogens with zero attached hydrogens (tertiary/aromatic N) is 4. The number of imidazole rings is 1. The van der Waals surface area contributed by atoms with Gasteiger partial charge in [-0.2, -0.15) is 0 Å². The highest BCUT2D eigenvalue weighted by atomic mass is 16.2. The molecule has 0 aliphatic carbocycles. The zero-order chi connectivity index (χ0) is 21.1. The molecule has 2 heterocycles. The van der Waals surface area contributed by atoms with Gasteiger partial charge >= 0.3 is 5.69 Å². The number of rotatable bonds is 8. The maximum absolute atomic E-state index is 12.7. The van der Waals surface area contributed by atoms with Crippen LogP contribution in [-0.2, 0) is 20.1 Å². The van der Waals surface area contributed by atoms with Gasteiger partial charge in [0.1, 0.15) is 5.82 Å². The van der Waals surface area contributed by atoms with E-state index < -0.39 is 5.69 Å². The number of aromatic nitrogens is 4. The fraction of sp³-hybridized carbons (Fsp3) is 0.500. The lowest BCUT2D eigenvalue weighted by Gasteiger charge is -2.20. The Balaban J connectivity index is 2.16. The van der Waals surface area contributed by atoms with Crippen LogP contribution in [0.15, 0.2) is 27.8 Å². The van der Waals surface area contributed by atoms with Gasteiger partial charge in [-0.25, -0.2) is 9.78 Å².